The van der Waals surface area contributed by atoms with Crippen LogP contribution in [0.25, 0.3) is 0 Å². The lowest BCUT2D eigenvalue weighted by Gasteiger charge is -2.16. The standard InChI is InChI=1S/C13H18O2/c1-9(2)12-7-11(8-14)5-6-13(12)15-10(3)4/h5-10H,1-4H3. The molecule has 0 fully saturated rings. The molecule has 0 atom stereocenters. The minimum atomic E-state index is 0.157. The summed E-state index contributed by atoms with van der Waals surface area (Å²) < 4.78 is 5.69. The van der Waals surface area contributed by atoms with E-state index in [1.807, 2.05) is 26.0 Å². The predicted molar refractivity (Wildman–Crippen MR) is 61.7 cm³/mol. The van der Waals surface area contributed by atoms with E-state index in [1.54, 1.807) is 6.07 Å². The molecule has 82 valence electrons. The van der Waals surface area contributed by atoms with Gasteiger partial charge in [-0.25, -0.2) is 0 Å². The molecule has 0 spiro atoms. The highest BCUT2D eigenvalue weighted by molar-refractivity contribution is 5.75. The fourth-order valence-electron chi connectivity index (χ4n) is 1.45. The van der Waals surface area contributed by atoms with Crippen LogP contribution in [0, 0.1) is 0 Å². The Labute approximate surface area is 91.3 Å². The Kier molecular flexibility index (Phi) is 3.89. The topological polar surface area (TPSA) is 26.3 Å². The maximum atomic E-state index is 10.7. The van der Waals surface area contributed by atoms with Crippen molar-refractivity contribution in [2.24, 2.45) is 0 Å². The Balaban J connectivity index is 3.09. The quantitative estimate of drug-likeness (QED) is 0.706. The van der Waals surface area contributed by atoms with Gasteiger partial charge in [-0.15, -0.1) is 0 Å². The van der Waals surface area contributed by atoms with Crippen LogP contribution in [0.5, 0.6) is 5.75 Å². The van der Waals surface area contributed by atoms with Gasteiger partial charge in [-0.1, -0.05) is 13.8 Å². The monoisotopic (exact) mass is 206 g/mol. The van der Waals surface area contributed by atoms with E-state index in [4.69, 9.17) is 4.74 Å². The van der Waals surface area contributed by atoms with Crippen molar-refractivity contribution in [3.63, 3.8) is 0 Å². The molecule has 0 radical (unpaired) electrons. The zero-order valence-corrected chi connectivity index (χ0v) is 9.78. The number of ether oxygens (including phenoxy) is 1. The van der Waals surface area contributed by atoms with Crippen LogP contribution >= 0.6 is 0 Å². The minimum absolute atomic E-state index is 0.157. The van der Waals surface area contributed by atoms with Crippen LogP contribution in [-0.2, 0) is 0 Å². The first-order valence-electron chi connectivity index (χ1n) is 5.30. The van der Waals surface area contributed by atoms with Gasteiger partial charge in [0.05, 0.1) is 6.10 Å². The molecule has 0 saturated carbocycles. The van der Waals surface area contributed by atoms with Crippen LogP contribution in [0.2, 0.25) is 0 Å². The molecule has 0 aromatic heterocycles. The van der Waals surface area contributed by atoms with Crippen molar-refractivity contribution < 1.29 is 9.53 Å². The average Bonchev–Trinajstić information content (AvgIpc) is 2.17. The summed E-state index contributed by atoms with van der Waals surface area (Å²) in [6, 6.07) is 5.56. The highest BCUT2D eigenvalue weighted by Gasteiger charge is 2.09. The fourth-order valence-corrected chi connectivity index (χ4v) is 1.45. The molecule has 1 rings (SSSR count). The van der Waals surface area contributed by atoms with Crippen molar-refractivity contribution in [3.8, 4) is 5.75 Å². The molecule has 0 aliphatic heterocycles. The van der Waals surface area contributed by atoms with Crippen molar-refractivity contribution >= 4 is 6.29 Å². The maximum absolute atomic E-state index is 10.7. The first-order chi connectivity index (χ1) is 7.04. The van der Waals surface area contributed by atoms with Crippen molar-refractivity contribution in [3.05, 3.63) is 29.3 Å². The maximum Gasteiger partial charge on any atom is 0.150 e. The Hall–Kier alpha value is -1.31. The van der Waals surface area contributed by atoms with Crippen LogP contribution < -0.4 is 4.74 Å². The van der Waals surface area contributed by atoms with Crippen LogP contribution in [-0.4, -0.2) is 12.4 Å². The number of rotatable bonds is 4. The molecule has 0 aliphatic carbocycles. The van der Waals surface area contributed by atoms with Crippen LogP contribution in [0.1, 0.15) is 49.5 Å². The van der Waals surface area contributed by atoms with Gasteiger partial charge in [-0.05, 0) is 43.5 Å². The van der Waals surface area contributed by atoms with Gasteiger partial charge >= 0.3 is 0 Å². The van der Waals surface area contributed by atoms with Gasteiger partial charge in [0.2, 0.25) is 0 Å². The van der Waals surface area contributed by atoms with Gasteiger partial charge in [0, 0.05) is 5.56 Å². The van der Waals surface area contributed by atoms with Crippen molar-refractivity contribution in [1.29, 1.82) is 0 Å². The Morgan fingerprint density at radius 3 is 2.33 bits per heavy atom. The fraction of sp³-hybridized carbons (Fsp3) is 0.462. The molecule has 1 aromatic carbocycles. The van der Waals surface area contributed by atoms with Gasteiger partial charge in [-0.2, -0.15) is 0 Å². The molecular formula is C13H18O2. The zero-order valence-electron chi connectivity index (χ0n) is 9.78. The van der Waals surface area contributed by atoms with E-state index in [2.05, 4.69) is 13.8 Å². The van der Waals surface area contributed by atoms with Crippen molar-refractivity contribution in [1.82, 2.24) is 0 Å². The molecule has 1 aromatic rings. The summed E-state index contributed by atoms with van der Waals surface area (Å²) in [5.74, 6) is 1.24. The number of hydrogen-bond donors (Lipinski definition) is 0. The van der Waals surface area contributed by atoms with Gasteiger partial charge in [0.1, 0.15) is 12.0 Å². The zero-order chi connectivity index (χ0) is 11.4. The van der Waals surface area contributed by atoms with E-state index in [0.717, 1.165) is 17.6 Å². The predicted octanol–water partition coefficient (Wildman–Crippen LogP) is 3.41. The third-order valence-corrected chi connectivity index (χ3v) is 2.15. The molecular weight excluding hydrogens is 188 g/mol. The van der Waals surface area contributed by atoms with E-state index in [1.165, 1.54) is 0 Å². The molecule has 0 heterocycles. The van der Waals surface area contributed by atoms with Gasteiger partial charge < -0.3 is 4.74 Å². The van der Waals surface area contributed by atoms with E-state index in [-0.39, 0.29) is 6.10 Å². The Morgan fingerprint density at radius 1 is 1.20 bits per heavy atom. The number of aldehydes is 1. The number of hydrogen-bond acceptors (Lipinski definition) is 2. The third-order valence-electron chi connectivity index (χ3n) is 2.15. The second kappa shape index (κ2) is 4.96. The second-order valence-electron chi connectivity index (χ2n) is 4.24. The van der Waals surface area contributed by atoms with E-state index < -0.39 is 0 Å². The molecule has 0 aliphatic rings. The summed E-state index contributed by atoms with van der Waals surface area (Å²) >= 11 is 0. The average molecular weight is 206 g/mol. The van der Waals surface area contributed by atoms with E-state index >= 15 is 0 Å². The lowest BCUT2D eigenvalue weighted by Crippen LogP contribution is -2.08. The SMILES string of the molecule is CC(C)Oc1ccc(C=O)cc1C(C)C. The van der Waals surface area contributed by atoms with Crippen LogP contribution in [0.15, 0.2) is 18.2 Å². The molecule has 15 heavy (non-hydrogen) atoms. The lowest BCUT2D eigenvalue weighted by molar-refractivity contribution is 0.112. The first-order valence-corrected chi connectivity index (χ1v) is 5.30. The highest BCUT2D eigenvalue weighted by Crippen LogP contribution is 2.27. The van der Waals surface area contributed by atoms with Gasteiger partial charge in [0.25, 0.3) is 0 Å². The first kappa shape index (κ1) is 11.8. The van der Waals surface area contributed by atoms with E-state index in [0.29, 0.717) is 11.5 Å². The van der Waals surface area contributed by atoms with E-state index in [9.17, 15) is 4.79 Å². The smallest absolute Gasteiger partial charge is 0.150 e. The molecule has 0 N–H and O–H groups in total. The second-order valence-corrected chi connectivity index (χ2v) is 4.24. The molecule has 0 unspecified atom stereocenters. The molecule has 2 nitrogen and oxygen atoms in total. The molecule has 2 heteroatoms. The summed E-state index contributed by atoms with van der Waals surface area (Å²) in [6.45, 7) is 8.18. The van der Waals surface area contributed by atoms with Gasteiger partial charge in [0.15, 0.2) is 0 Å². The molecule has 0 amide bonds. The normalized spacial score (nSPS) is 10.8. The largest absolute Gasteiger partial charge is 0.491 e. The molecule has 0 saturated heterocycles. The Morgan fingerprint density at radius 2 is 1.87 bits per heavy atom. The minimum Gasteiger partial charge on any atom is -0.491 e. The number of carbonyl (C=O) groups excluding carboxylic acids is 1. The summed E-state index contributed by atoms with van der Waals surface area (Å²) in [5.41, 5.74) is 1.79. The van der Waals surface area contributed by atoms with Crippen molar-refractivity contribution in [2.75, 3.05) is 0 Å². The summed E-state index contributed by atoms with van der Waals surface area (Å²) in [5, 5.41) is 0. The Bertz CT molecular complexity index is 340. The lowest BCUT2D eigenvalue weighted by atomic mass is 10.00. The van der Waals surface area contributed by atoms with Crippen LogP contribution in [0.3, 0.4) is 0 Å². The summed E-state index contributed by atoms with van der Waals surface area (Å²) in [7, 11) is 0. The van der Waals surface area contributed by atoms with Crippen molar-refractivity contribution in [2.45, 2.75) is 39.7 Å². The third kappa shape index (κ3) is 3.08. The van der Waals surface area contributed by atoms with Gasteiger partial charge in [-0.3, -0.25) is 4.79 Å². The van der Waals surface area contributed by atoms with Crippen LogP contribution in [0.4, 0.5) is 0 Å². The molecule has 0 bridgehead atoms. The number of benzene rings is 1. The highest BCUT2D eigenvalue weighted by atomic mass is 16.5. The summed E-state index contributed by atoms with van der Waals surface area (Å²) in [6.07, 6.45) is 1.02. The summed E-state index contributed by atoms with van der Waals surface area (Å²) in [4.78, 5) is 10.7. The number of carbonyl (C=O) groups is 1.